The lowest BCUT2D eigenvalue weighted by atomic mass is 10.0. The summed E-state index contributed by atoms with van der Waals surface area (Å²) in [5, 5.41) is 0. The minimum atomic E-state index is -0.475. The molecular formula is C9H10FNO. The second kappa shape index (κ2) is 2.93. The number of hydrogen-bond acceptors (Lipinski definition) is 2. The fraction of sp³-hybridized carbons (Fsp3) is 0.222. The number of benzene rings is 1. The number of hydrogen-bond donors (Lipinski definition) is 1. The van der Waals surface area contributed by atoms with Gasteiger partial charge in [0.25, 0.3) is 0 Å². The van der Waals surface area contributed by atoms with Crippen molar-refractivity contribution in [1.29, 1.82) is 0 Å². The Balaban J connectivity index is 3.36. The summed E-state index contributed by atoms with van der Waals surface area (Å²) in [6.45, 7) is 3.06. The summed E-state index contributed by atoms with van der Waals surface area (Å²) < 4.78 is 12.8. The molecule has 0 spiro atoms. The highest BCUT2D eigenvalue weighted by atomic mass is 19.1. The van der Waals surface area contributed by atoms with Crippen LogP contribution in [0.5, 0.6) is 0 Å². The van der Waals surface area contributed by atoms with Crippen LogP contribution < -0.4 is 5.73 Å². The molecule has 0 saturated heterocycles. The van der Waals surface area contributed by atoms with Crippen LogP contribution in [0.25, 0.3) is 0 Å². The first-order chi connectivity index (χ1) is 5.54. The standard InChI is InChI=1S/C9H10FNO/c1-5-7(6(2)12)3-4-8(10)9(5)11/h3-4H,11H2,1-2H3. The van der Waals surface area contributed by atoms with Gasteiger partial charge in [-0.2, -0.15) is 0 Å². The van der Waals surface area contributed by atoms with E-state index in [-0.39, 0.29) is 11.5 Å². The lowest BCUT2D eigenvalue weighted by Gasteiger charge is -2.05. The van der Waals surface area contributed by atoms with Gasteiger partial charge in [0.15, 0.2) is 5.78 Å². The third kappa shape index (κ3) is 1.30. The highest BCUT2D eigenvalue weighted by molar-refractivity contribution is 5.96. The molecule has 0 aliphatic heterocycles. The van der Waals surface area contributed by atoms with Gasteiger partial charge in [-0.15, -0.1) is 0 Å². The van der Waals surface area contributed by atoms with Gasteiger partial charge >= 0.3 is 0 Å². The minimum Gasteiger partial charge on any atom is -0.396 e. The fourth-order valence-electron chi connectivity index (χ4n) is 1.08. The Kier molecular flexibility index (Phi) is 2.13. The van der Waals surface area contributed by atoms with E-state index < -0.39 is 5.82 Å². The first-order valence-electron chi connectivity index (χ1n) is 3.59. The van der Waals surface area contributed by atoms with Gasteiger partial charge in [-0.1, -0.05) is 0 Å². The SMILES string of the molecule is CC(=O)c1ccc(F)c(N)c1C. The highest BCUT2D eigenvalue weighted by Gasteiger charge is 2.09. The van der Waals surface area contributed by atoms with Crippen molar-refractivity contribution >= 4 is 11.5 Å². The van der Waals surface area contributed by atoms with E-state index in [1.807, 2.05) is 0 Å². The van der Waals surface area contributed by atoms with Crippen molar-refractivity contribution in [2.24, 2.45) is 0 Å². The number of nitrogens with two attached hydrogens (primary N) is 1. The first-order valence-corrected chi connectivity index (χ1v) is 3.59. The average molecular weight is 167 g/mol. The molecule has 1 aromatic carbocycles. The second-order valence-electron chi connectivity index (χ2n) is 2.69. The number of carbonyl (C=O) groups excluding carboxylic acids is 1. The Morgan fingerprint density at radius 2 is 2.08 bits per heavy atom. The van der Waals surface area contributed by atoms with Crippen molar-refractivity contribution in [3.8, 4) is 0 Å². The number of nitrogen functional groups attached to an aromatic ring is 1. The van der Waals surface area contributed by atoms with Gasteiger partial charge in [0.1, 0.15) is 5.82 Å². The summed E-state index contributed by atoms with van der Waals surface area (Å²) in [6.07, 6.45) is 0. The summed E-state index contributed by atoms with van der Waals surface area (Å²) in [6, 6.07) is 2.66. The summed E-state index contributed by atoms with van der Waals surface area (Å²) in [5.41, 5.74) is 6.45. The van der Waals surface area contributed by atoms with E-state index in [0.717, 1.165) is 0 Å². The van der Waals surface area contributed by atoms with E-state index >= 15 is 0 Å². The number of rotatable bonds is 1. The highest BCUT2D eigenvalue weighted by Crippen LogP contribution is 2.19. The Hall–Kier alpha value is -1.38. The molecule has 64 valence electrons. The van der Waals surface area contributed by atoms with Crippen LogP contribution in [0.2, 0.25) is 0 Å². The van der Waals surface area contributed by atoms with E-state index in [9.17, 15) is 9.18 Å². The number of anilines is 1. The molecule has 0 aliphatic rings. The average Bonchev–Trinajstić information content (AvgIpc) is 2.00. The molecule has 0 bridgehead atoms. The smallest absolute Gasteiger partial charge is 0.160 e. The van der Waals surface area contributed by atoms with Crippen molar-refractivity contribution in [2.75, 3.05) is 5.73 Å². The van der Waals surface area contributed by atoms with Gasteiger partial charge in [0, 0.05) is 5.56 Å². The largest absolute Gasteiger partial charge is 0.396 e. The number of Topliss-reactive ketones (excluding diaryl/α,β-unsaturated/α-hetero) is 1. The molecule has 0 atom stereocenters. The molecule has 0 aliphatic carbocycles. The molecule has 2 nitrogen and oxygen atoms in total. The van der Waals surface area contributed by atoms with Crippen LogP contribution in [-0.4, -0.2) is 5.78 Å². The van der Waals surface area contributed by atoms with Crippen LogP contribution in [0.1, 0.15) is 22.8 Å². The second-order valence-corrected chi connectivity index (χ2v) is 2.69. The van der Waals surface area contributed by atoms with Gasteiger partial charge in [0.05, 0.1) is 5.69 Å². The lowest BCUT2D eigenvalue weighted by Crippen LogP contribution is -2.02. The molecule has 0 heterocycles. The third-order valence-corrected chi connectivity index (χ3v) is 1.84. The van der Waals surface area contributed by atoms with Crippen molar-refractivity contribution in [1.82, 2.24) is 0 Å². The molecule has 0 aromatic heterocycles. The normalized spacial score (nSPS) is 9.92. The molecule has 3 heteroatoms. The molecule has 12 heavy (non-hydrogen) atoms. The van der Waals surface area contributed by atoms with E-state index in [4.69, 9.17) is 5.73 Å². The van der Waals surface area contributed by atoms with Crippen molar-refractivity contribution in [3.63, 3.8) is 0 Å². The fourth-order valence-corrected chi connectivity index (χ4v) is 1.08. The van der Waals surface area contributed by atoms with Crippen LogP contribution >= 0.6 is 0 Å². The molecule has 0 amide bonds. The molecule has 0 radical (unpaired) electrons. The Morgan fingerprint density at radius 3 is 2.58 bits per heavy atom. The van der Waals surface area contributed by atoms with Crippen LogP contribution in [-0.2, 0) is 0 Å². The minimum absolute atomic E-state index is 0.0581. The number of carbonyl (C=O) groups is 1. The van der Waals surface area contributed by atoms with Gasteiger partial charge in [-0.05, 0) is 31.5 Å². The predicted molar refractivity (Wildman–Crippen MR) is 45.6 cm³/mol. The molecule has 0 unspecified atom stereocenters. The van der Waals surface area contributed by atoms with Crippen LogP contribution in [0.4, 0.5) is 10.1 Å². The maximum Gasteiger partial charge on any atom is 0.160 e. The summed E-state index contributed by atoms with van der Waals surface area (Å²) in [7, 11) is 0. The third-order valence-electron chi connectivity index (χ3n) is 1.84. The Labute approximate surface area is 70.2 Å². The zero-order valence-corrected chi connectivity index (χ0v) is 7.02. The molecular weight excluding hydrogens is 157 g/mol. The van der Waals surface area contributed by atoms with Crippen LogP contribution in [0.15, 0.2) is 12.1 Å². The maximum atomic E-state index is 12.8. The molecule has 0 saturated carbocycles. The summed E-state index contributed by atoms with van der Waals surface area (Å²) in [5.74, 6) is -0.572. The zero-order chi connectivity index (χ0) is 9.30. The summed E-state index contributed by atoms with van der Waals surface area (Å²) >= 11 is 0. The van der Waals surface area contributed by atoms with Crippen molar-refractivity contribution < 1.29 is 9.18 Å². The quantitative estimate of drug-likeness (QED) is 0.513. The zero-order valence-electron chi connectivity index (χ0n) is 7.02. The van der Waals surface area contributed by atoms with E-state index in [1.165, 1.54) is 19.1 Å². The van der Waals surface area contributed by atoms with Crippen molar-refractivity contribution in [3.05, 3.63) is 29.1 Å². The Bertz CT molecular complexity index is 334. The van der Waals surface area contributed by atoms with Gasteiger partial charge < -0.3 is 5.73 Å². The molecule has 1 rings (SSSR count). The lowest BCUT2D eigenvalue weighted by molar-refractivity contribution is 0.101. The van der Waals surface area contributed by atoms with Crippen molar-refractivity contribution in [2.45, 2.75) is 13.8 Å². The maximum absolute atomic E-state index is 12.8. The molecule has 2 N–H and O–H groups in total. The van der Waals surface area contributed by atoms with Crippen LogP contribution in [0.3, 0.4) is 0 Å². The molecule has 0 fully saturated rings. The topological polar surface area (TPSA) is 43.1 Å². The van der Waals surface area contributed by atoms with Gasteiger partial charge in [-0.25, -0.2) is 4.39 Å². The Morgan fingerprint density at radius 1 is 1.50 bits per heavy atom. The molecule has 1 aromatic rings. The predicted octanol–water partition coefficient (Wildman–Crippen LogP) is 1.92. The monoisotopic (exact) mass is 167 g/mol. The van der Waals surface area contributed by atoms with Gasteiger partial charge in [0.2, 0.25) is 0 Å². The van der Waals surface area contributed by atoms with E-state index in [2.05, 4.69) is 0 Å². The van der Waals surface area contributed by atoms with E-state index in [1.54, 1.807) is 6.92 Å². The summed E-state index contributed by atoms with van der Waals surface area (Å²) in [4.78, 5) is 11.0. The van der Waals surface area contributed by atoms with Crippen LogP contribution in [0, 0.1) is 12.7 Å². The number of halogens is 1. The van der Waals surface area contributed by atoms with E-state index in [0.29, 0.717) is 11.1 Å². The number of ketones is 1. The first kappa shape index (κ1) is 8.71. The van der Waals surface area contributed by atoms with Gasteiger partial charge in [-0.3, -0.25) is 4.79 Å².